The molecule has 1 aliphatic heterocycles. The summed E-state index contributed by atoms with van der Waals surface area (Å²) in [4.78, 5) is 0. The van der Waals surface area contributed by atoms with Gasteiger partial charge in [0.15, 0.2) is 11.5 Å². The third-order valence-corrected chi connectivity index (χ3v) is 2.25. The molecule has 0 aliphatic carbocycles. The van der Waals surface area contributed by atoms with Crippen molar-refractivity contribution in [3.63, 3.8) is 0 Å². The lowest BCUT2D eigenvalue weighted by Crippen LogP contribution is -1.93. The van der Waals surface area contributed by atoms with Crippen molar-refractivity contribution in [2.45, 2.75) is 0 Å². The van der Waals surface area contributed by atoms with Crippen LogP contribution in [-0.2, 0) is 0 Å². The molecule has 0 aromatic heterocycles. The molecule has 74 valence electrons. The van der Waals surface area contributed by atoms with Crippen molar-refractivity contribution in [2.75, 3.05) is 13.3 Å². The fourth-order valence-corrected chi connectivity index (χ4v) is 1.47. The number of nitrogens with two attached hydrogens (primary N) is 1. The van der Waals surface area contributed by atoms with E-state index in [4.69, 9.17) is 26.8 Å². The van der Waals surface area contributed by atoms with Gasteiger partial charge in [-0.1, -0.05) is 23.8 Å². The van der Waals surface area contributed by atoms with Gasteiger partial charge in [-0.3, -0.25) is 0 Å². The van der Waals surface area contributed by atoms with Gasteiger partial charge in [-0.25, -0.2) is 0 Å². The first kappa shape index (κ1) is 9.37. The van der Waals surface area contributed by atoms with Crippen molar-refractivity contribution in [3.8, 4) is 11.5 Å². The largest absolute Gasteiger partial charge is 0.454 e. The Labute approximate surface area is 87.1 Å². The lowest BCUT2D eigenvalue weighted by molar-refractivity contribution is 0.174. The highest BCUT2D eigenvalue weighted by Gasteiger charge is 2.15. The number of hydrogen-bond acceptors (Lipinski definition) is 3. The van der Waals surface area contributed by atoms with Gasteiger partial charge in [0.25, 0.3) is 0 Å². The van der Waals surface area contributed by atoms with Crippen LogP contribution in [0.2, 0.25) is 5.02 Å². The summed E-state index contributed by atoms with van der Waals surface area (Å²) in [7, 11) is 0. The van der Waals surface area contributed by atoms with E-state index >= 15 is 0 Å². The van der Waals surface area contributed by atoms with Crippen LogP contribution in [0.25, 0.3) is 6.08 Å². The maximum atomic E-state index is 6.02. The number of fused-ring (bicyclic) bond motifs is 1. The van der Waals surface area contributed by atoms with E-state index in [9.17, 15) is 0 Å². The molecule has 0 saturated heterocycles. The molecular weight excluding hydrogens is 202 g/mol. The fourth-order valence-electron chi connectivity index (χ4n) is 1.26. The molecule has 4 heteroatoms. The standard InChI is InChI=1S/C10H10ClNO2/c11-8-5-10-9(13-6-14-10)4-7(8)2-1-3-12/h1-2,4-5H,3,6,12H2/b2-1+. The number of ether oxygens (including phenoxy) is 2. The molecule has 1 aliphatic rings. The molecule has 0 amide bonds. The number of hydrogen-bond donors (Lipinski definition) is 1. The third-order valence-electron chi connectivity index (χ3n) is 1.93. The summed E-state index contributed by atoms with van der Waals surface area (Å²) < 4.78 is 10.4. The number of benzene rings is 1. The van der Waals surface area contributed by atoms with Gasteiger partial charge >= 0.3 is 0 Å². The zero-order valence-corrected chi connectivity index (χ0v) is 8.25. The molecule has 0 unspecified atom stereocenters. The van der Waals surface area contributed by atoms with Crippen LogP contribution >= 0.6 is 11.6 Å². The van der Waals surface area contributed by atoms with Crippen LogP contribution in [0, 0.1) is 0 Å². The Kier molecular flexibility index (Phi) is 2.61. The average molecular weight is 212 g/mol. The first-order valence-corrected chi connectivity index (χ1v) is 4.65. The Hall–Kier alpha value is -1.19. The summed E-state index contributed by atoms with van der Waals surface area (Å²) in [5.74, 6) is 1.42. The van der Waals surface area contributed by atoms with E-state index in [0.29, 0.717) is 17.3 Å². The van der Waals surface area contributed by atoms with Crippen LogP contribution < -0.4 is 15.2 Å². The Morgan fingerprint density at radius 3 is 2.79 bits per heavy atom. The second-order valence-corrected chi connectivity index (χ2v) is 3.27. The predicted molar refractivity (Wildman–Crippen MR) is 55.7 cm³/mol. The molecule has 2 N–H and O–H groups in total. The van der Waals surface area contributed by atoms with Gasteiger partial charge in [0, 0.05) is 12.6 Å². The Morgan fingerprint density at radius 1 is 1.36 bits per heavy atom. The maximum Gasteiger partial charge on any atom is 0.231 e. The highest BCUT2D eigenvalue weighted by atomic mass is 35.5. The minimum atomic E-state index is 0.260. The molecule has 3 nitrogen and oxygen atoms in total. The third kappa shape index (κ3) is 1.69. The lowest BCUT2D eigenvalue weighted by atomic mass is 10.2. The van der Waals surface area contributed by atoms with Gasteiger partial charge in [-0.05, 0) is 11.6 Å². The van der Waals surface area contributed by atoms with E-state index in [1.165, 1.54) is 0 Å². The quantitative estimate of drug-likeness (QED) is 0.814. The van der Waals surface area contributed by atoms with Gasteiger partial charge in [0.2, 0.25) is 6.79 Å². The van der Waals surface area contributed by atoms with Crippen molar-refractivity contribution in [2.24, 2.45) is 5.73 Å². The topological polar surface area (TPSA) is 44.5 Å². The van der Waals surface area contributed by atoms with Crippen molar-refractivity contribution >= 4 is 17.7 Å². The highest BCUT2D eigenvalue weighted by molar-refractivity contribution is 6.32. The zero-order chi connectivity index (χ0) is 9.97. The predicted octanol–water partition coefficient (Wildman–Crippen LogP) is 2.04. The van der Waals surface area contributed by atoms with Gasteiger partial charge < -0.3 is 15.2 Å². The molecular formula is C10H10ClNO2. The molecule has 0 saturated carbocycles. The molecule has 1 heterocycles. The van der Waals surface area contributed by atoms with E-state index in [0.717, 1.165) is 11.3 Å². The summed E-state index contributed by atoms with van der Waals surface area (Å²) in [5.41, 5.74) is 6.24. The normalized spacial score (nSPS) is 13.9. The Morgan fingerprint density at radius 2 is 2.07 bits per heavy atom. The van der Waals surface area contributed by atoms with E-state index in [1.54, 1.807) is 6.07 Å². The monoisotopic (exact) mass is 211 g/mol. The van der Waals surface area contributed by atoms with E-state index in [-0.39, 0.29) is 6.79 Å². The minimum absolute atomic E-state index is 0.260. The van der Waals surface area contributed by atoms with Gasteiger partial charge in [0.1, 0.15) is 0 Å². The summed E-state index contributed by atoms with van der Waals surface area (Å²) >= 11 is 6.02. The zero-order valence-electron chi connectivity index (χ0n) is 7.50. The van der Waals surface area contributed by atoms with Crippen LogP contribution in [0.1, 0.15) is 5.56 Å². The van der Waals surface area contributed by atoms with Crippen LogP contribution in [0.3, 0.4) is 0 Å². The summed E-state index contributed by atoms with van der Waals surface area (Å²) in [6.07, 6.45) is 3.70. The molecule has 1 aromatic rings. The number of rotatable bonds is 2. The summed E-state index contributed by atoms with van der Waals surface area (Å²) in [6, 6.07) is 3.59. The van der Waals surface area contributed by atoms with Crippen LogP contribution in [0.5, 0.6) is 11.5 Å². The maximum absolute atomic E-state index is 6.02. The first-order valence-electron chi connectivity index (χ1n) is 4.27. The fraction of sp³-hybridized carbons (Fsp3) is 0.200. The minimum Gasteiger partial charge on any atom is -0.454 e. The smallest absolute Gasteiger partial charge is 0.231 e. The molecule has 0 atom stereocenters. The van der Waals surface area contributed by atoms with Crippen molar-refractivity contribution in [1.29, 1.82) is 0 Å². The molecule has 0 fully saturated rings. The second kappa shape index (κ2) is 3.90. The molecule has 1 aromatic carbocycles. The SMILES string of the molecule is NC/C=C/c1cc2c(cc1Cl)OCO2. The lowest BCUT2D eigenvalue weighted by Gasteiger charge is -2.00. The van der Waals surface area contributed by atoms with Crippen LogP contribution in [0.15, 0.2) is 18.2 Å². The van der Waals surface area contributed by atoms with E-state index in [1.807, 2.05) is 18.2 Å². The van der Waals surface area contributed by atoms with Gasteiger partial charge in [-0.2, -0.15) is 0 Å². The molecule has 2 rings (SSSR count). The first-order chi connectivity index (χ1) is 6.81. The van der Waals surface area contributed by atoms with E-state index in [2.05, 4.69) is 0 Å². The molecule has 0 spiro atoms. The molecule has 0 radical (unpaired) electrons. The van der Waals surface area contributed by atoms with Gasteiger partial charge in [0.05, 0.1) is 5.02 Å². The van der Waals surface area contributed by atoms with Crippen LogP contribution in [0.4, 0.5) is 0 Å². The van der Waals surface area contributed by atoms with Crippen molar-refractivity contribution in [1.82, 2.24) is 0 Å². The summed E-state index contributed by atoms with van der Waals surface area (Å²) in [5, 5.41) is 0.638. The number of halogens is 1. The van der Waals surface area contributed by atoms with Crippen molar-refractivity contribution in [3.05, 3.63) is 28.8 Å². The van der Waals surface area contributed by atoms with E-state index < -0.39 is 0 Å². The van der Waals surface area contributed by atoms with Gasteiger partial charge in [-0.15, -0.1) is 0 Å². The van der Waals surface area contributed by atoms with Crippen LogP contribution in [-0.4, -0.2) is 13.3 Å². The van der Waals surface area contributed by atoms with Crippen molar-refractivity contribution < 1.29 is 9.47 Å². The highest BCUT2D eigenvalue weighted by Crippen LogP contribution is 2.37. The average Bonchev–Trinajstić information content (AvgIpc) is 2.61. The second-order valence-electron chi connectivity index (χ2n) is 2.87. The molecule has 14 heavy (non-hydrogen) atoms. The Bertz CT molecular complexity index is 377. The summed E-state index contributed by atoms with van der Waals surface area (Å²) in [6.45, 7) is 0.750. The Balaban J connectivity index is 2.37. The molecule has 0 bridgehead atoms.